The average molecular weight is 331 g/mol. The van der Waals surface area contributed by atoms with Crippen LogP contribution in [0.15, 0.2) is 18.2 Å². The fourth-order valence-corrected chi connectivity index (χ4v) is 3.04. The molecule has 0 aliphatic heterocycles. The number of nitrogens with one attached hydrogen (secondary N) is 2. The maximum Gasteiger partial charge on any atom is 0.251 e. The first-order valence-electron chi connectivity index (χ1n) is 8.82. The van der Waals surface area contributed by atoms with Crippen molar-refractivity contribution in [1.82, 2.24) is 5.32 Å². The number of anilines is 1. The Hall–Kier alpha value is -1.88. The fourth-order valence-electron chi connectivity index (χ4n) is 3.04. The van der Waals surface area contributed by atoms with Gasteiger partial charge in [-0.15, -0.1) is 0 Å². The molecule has 4 N–H and O–H groups in total. The number of hydrogen-bond acceptors (Lipinski definition) is 3. The highest BCUT2D eigenvalue weighted by Gasteiger charge is 2.25. The third-order valence-electron chi connectivity index (χ3n) is 4.50. The average Bonchev–Trinajstić information content (AvgIpc) is 2.54. The lowest BCUT2D eigenvalue weighted by Gasteiger charge is -2.26. The Labute approximate surface area is 144 Å². The summed E-state index contributed by atoms with van der Waals surface area (Å²) in [4.78, 5) is 24.5. The first-order chi connectivity index (χ1) is 11.4. The van der Waals surface area contributed by atoms with Gasteiger partial charge in [-0.1, -0.05) is 20.3 Å². The molecule has 1 fully saturated rings. The monoisotopic (exact) mass is 331 g/mol. The Balaban J connectivity index is 1.99. The van der Waals surface area contributed by atoms with Crippen LogP contribution in [0.4, 0.5) is 5.69 Å². The van der Waals surface area contributed by atoms with Gasteiger partial charge in [0.1, 0.15) is 0 Å². The predicted octanol–water partition coefficient (Wildman–Crippen LogP) is 2.84. The SMILES string of the molecule is Cc1cc(C(=O)NCC(C)C)ccc1NC(=O)C1CCCC(N)C1. The number of carbonyl (C=O) groups excluding carboxylic acids is 2. The van der Waals surface area contributed by atoms with Gasteiger partial charge in [0.2, 0.25) is 5.91 Å². The number of benzene rings is 1. The van der Waals surface area contributed by atoms with E-state index in [0.29, 0.717) is 18.0 Å². The molecule has 2 atom stereocenters. The second kappa shape index (κ2) is 8.29. The maximum absolute atomic E-state index is 12.4. The molecular formula is C19H29N3O2. The van der Waals surface area contributed by atoms with Gasteiger partial charge in [-0.2, -0.15) is 0 Å². The van der Waals surface area contributed by atoms with Crippen LogP contribution in [-0.4, -0.2) is 24.4 Å². The maximum atomic E-state index is 12.4. The zero-order valence-corrected chi connectivity index (χ0v) is 14.9. The Morgan fingerprint density at radius 1 is 1.29 bits per heavy atom. The van der Waals surface area contributed by atoms with Gasteiger partial charge in [-0.05, 0) is 55.9 Å². The molecule has 1 aliphatic rings. The molecule has 24 heavy (non-hydrogen) atoms. The molecule has 1 aromatic carbocycles. The van der Waals surface area contributed by atoms with Crippen LogP contribution < -0.4 is 16.4 Å². The van der Waals surface area contributed by atoms with Crippen molar-refractivity contribution in [3.8, 4) is 0 Å². The lowest BCUT2D eigenvalue weighted by molar-refractivity contribution is -0.120. The van der Waals surface area contributed by atoms with Crippen molar-refractivity contribution in [3.05, 3.63) is 29.3 Å². The lowest BCUT2D eigenvalue weighted by atomic mass is 9.85. The molecule has 2 rings (SSSR count). The quantitative estimate of drug-likeness (QED) is 0.775. The van der Waals surface area contributed by atoms with Crippen LogP contribution in [0.25, 0.3) is 0 Å². The number of aryl methyl sites for hydroxylation is 1. The molecule has 1 aliphatic carbocycles. The standard InChI is InChI=1S/C19H29N3O2/c1-12(2)11-21-18(23)15-7-8-17(13(3)9-15)22-19(24)14-5-4-6-16(20)10-14/h7-9,12,14,16H,4-6,10-11,20H2,1-3H3,(H,21,23)(H,22,24). The summed E-state index contributed by atoms with van der Waals surface area (Å²) in [7, 11) is 0. The molecule has 0 bridgehead atoms. The van der Waals surface area contributed by atoms with Crippen molar-refractivity contribution in [2.24, 2.45) is 17.6 Å². The number of amides is 2. The highest BCUT2D eigenvalue weighted by Crippen LogP contribution is 2.25. The van der Waals surface area contributed by atoms with Crippen LogP contribution in [0.2, 0.25) is 0 Å². The molecule has 0 aromatic heterocycles. The smallest absolute Gasteiger partial charge is 0.251 e. The third kappa shape index (κ3) is 5.06. The Morgan fingerprint density at radius 2 is 2.04 bits per heavy atom. The molecule has 0 saturated heterocycles. The van der Waals surface area contributed by atoms with Gasteiger partial charge in [-0.25, -0.2) is 0 Å². The van der Waals surface area contributed by atoms with Gasteiger partial charge in [-0.3, -0.25) is 9.59 Å². The van der Waals surface area contributed by atoms with E-state index in [1.807, 2.05) is 13.0 Å². The van der Waals surface area contributed by atoms with Crippen LogP contribution >= 0.6 is 0 Å². The largest absolute Gasteiger partial charge is 0.352 e. The van der Waals surface area contributed by atoms with Crippen molar-refractivity contribution in [2.75, 3.05) is 11.9 Å². The summed E-state index contributed by atoms with van der Waals surface area (Å²) in [5.74, 6) is 0.353. The fraction of sp³-hybridized carbons (Fsp3) is 0.579. The van der Waals surface area contributed by atoms with E-state index in [9.17, 15) is 9.59 Å². The van der Waals surface area contributed by atoms with E-state index < -0.39 is 0 Å². The summed E-state index contributed by atoms with van der Waals surface area (Å²) in [6, 6.07) is 5.51. The van der Waals surface area contributed by atoms with Gasteiger partial charge >= 0.3 is 0 Å². The van der Waals surface area contributed by atoms with E-state index in [-0.39, 0.29) is 23.8 Å². The molecule has 1 aromatic rings. The molecule has 0 spiro atoms. The van der Waals surface area contributed by atoms with Gasteiger partial charge in [0.15, 0.2) is 0 Å². The Bertz CT molecular complexity index is 598. The third-order valence-corrected chi connectivity index (χ3v) is 4.50. The lowest BCUT2D eigenvalue weighted by Crippen LogP contribution is -2.34. The van der Waals surface area contributed by atoms with Gasteiger partial charge in [0, 0.05) is 29.8 Å². The van der Waals surface area contributed by atoms with Crippen molar-refractivity contribution >= 4 is 17.5 Å². The van der Waals surface area contributed by atoms with Gasteiger partial charge in [0.05, 0.1) is 0 Å². The summed E-state index contributed by atoms with van der Waals surface area (Å²) < 4.78 is 0. The summed E-state index contributed by atoms with van der Waals surface area (Å²) >= 11 is 0. The molecule has 5 heteroatoms. The number of rotatable bonds is 5. The molecular weight excluding hydrogens is 302 g/mol. The molecule has 2 unspecified atom stereocenters. The van der Waals surface area contributed by atoms with E-state index in [1.54, 1.807) is 12.1 Å². The summed E-state index contributed by atoms with van der Waals surface area (Å²) in [5, 5.41) is 5.89. The predicted molar refractivity (Wildman–Crippen MR) is 96.9 cm³/mol. The van der Waals surface area contributed by atoms with Crippen LogP contribution in [0.5, 0.6) is 0 Å². The summed E-state index contributed by atoms with van der Waals surface area (Å²) in [5.41, 5.74) is 8.23. The summed E-state index contributed by atoms with van der Waals surface area (Å²) in [6.45, 7) is 6.67. The van der Waals surface area contributed by atoms with Crippen LogP contribution in [0, 0.1) is 18.8 Å². The van der Waals surface area contributed by atoms with Crippen LogP contribution in [0.3, 0.4) is 0 Å². The van der Waals surface area contributed by atoms with Gasteiger partial charge < -0.3 is 16.4 Å². The summed E-state index contributed by atoms with van der Waals surface area (Å²) in [6.07, 6.45) is 3.66. The Morgan fingerprint density at radius 3 is 2.67 bits per heavy atom. The van der Waals surface area contributed by atoms with Crippen molar-refractivity contribution in [1.29, 1.82) is 0 Å². The van der Waals surface area contributed by atoms with E-state index in [0.717, 1.165) is 36.9 Å². The zero-order chi connectivity index (χ0) is 17.7. The second-order valence-electron chi connectivity index (χ2n) is 7.25. The van der Waals surface area contributed by atoms with Crippen LogP contribution in [0.1, 0.15) is 55.5 Å². The number of hydrogen-bond donors (Lipinski definition) is 3. The van der Waals surface area contributed by atoms with Crippen molar-refractivity contribution in [3.63, 3.8) is 0 Å². The molecule has 132 valence electrons. The van der Waals surface area contributed by atoms with E-state index in [1.165, 1.54) is 0 Å². The zero-order valence-electron chi connectivity index (χ0n) is 14.9. The first-order valence-corrected chi connectivity index (χ1v) is 8.82. The van der Waals surface area contributed by atoms with E-state index >= 15 is 0 Å². The topological polar surface area (TPSA) is 84.2 Å². The normalized spacial score (nSPS) is 20.7. The van der Waals surface area contributed by atoms with Gasteiger partial charge in [0.25, 0.3) is 5.91 Å². The highest BCUT2D eigenvalue weighted by molar-refractivity contribution is 5.97. The molecule has 0 radical (unpaired) electrons. The minimum absolute atomic E-state index is 0.0119. The molecule has 0 heterocycles. The number of nitrogens with two attached hydrogens (primary N) is 1. The van der Waals surface area contributed by atoms with Crippen LogP contribution in [-0.2, 0) is 4.79 Å². The highest BCUT2D eigenvalue weighted by atomic mass is 16.2. The molecule has 1 saturated carbocycles. The number of carbonyl (C=O) groups is 2. The molecule has 5 nitrogen and oxygen atoms in total. The Kier molecular flexibility index (Phi) is 6.37. The first kappa shape index (κ1) is 18.5. The van der Waals surface area contributed by atoms with Crippen molar-refractivity contribution in [2.45, 2.75) is 52.5 Å². The van der Waals surface area contributed by atoms with E-state index in [4.69, 9.17) is 5.73 Å². The minimum atomic E-state index is -0.0806. The van der Waals surface area contributed by atoms with E-state index in [2.05, 4.69) is 24.5 Å². The molecule has 2 amide bonds. The second-order valence-corrected chi connectivity index (χ2v) is 7.25. The minimum Gasteiger partial charge on any atom is -0.352 e. The van der Waals surface area contributed by atoms with Crippen molar-refractivity contribution < 1.29 is 9.59 Å².